The summed E-state index contributed by atoms with van der Waals surface area (Å²) in [7, 11) is 0. The van der Waals surface area contributed by atoms with Crippen LogP contribution in [0.15, 0.2) is 48.5 Å². The van der Waals surface area contributed by atoms with Crippen LogP contribution < -0.4 is 10.2 Å². The lowest BCUT2D eigenvalue weighted by Crippen LogP contribution is -2.23. The average Bonchev–Trinajstić information content (AvgIpc) is 3.31. The Balaban J connectivity index is 1.52. The fourth-order valence-corrected chi connectivity index (χ4v) is 3.74. The molecule has 0 atom stereocenters. The SMILES string of the molecule is Cc1nn(-c2cccc(C(F)(F)F)c2)c(C)c1CC(=O)Nc1cccc(N2CCOC2=O)c1. The van der Waals surface area contributed by atoms with Crippen molar-refractivity contribution in [3.8, 4) is 5.69 Å². The first kappa shape index (κ1) is 22.4. The van der Waals surface area contributed by atoms with Gasteiger partial charge in [0.25, 0.3) is 0 Å². The highest BCUT2D eigenvalue weighted by Gasteiger charge is 2.31. The van der Waals surface area contributed by atoms with Crippen LogP contribution in [-0.2, 0) is 22.1 Å². The van der Waals surface area contributed by atoms with Crippen LogP contribution in [0.2, 0.25) is 0 Å². The summed E-state index contributed by atoms with van der Waals surface area (Å²) in [5.74, 6) is -0.314. The van der Waals surface area contributed by atoms with E-state index in [1.54, 1.807) is 38.1 Å². The van der Waals surface area contributed by atoms with Crippen molar-refractivity contribution in [2.24, 2.45) is 0 Å². The molecule has 2 aromatic carbocycles. The second-order valence-electron chi connectivity index (χ2n) is 7.65. The van der Waals surface area contributed by atoms with Gasteiger partial charge in [-0.05, 0) is 50.2 Å². The van der Waals surface area contributed by atoms with Crippen LogP contribution >= 0.6 is 0 Å². The maximum absolute atomic E-state index is 13.1. The van der Waals surface area contributed by atoms with Crippen LogP contribution in [0.25, 0.3) is 5.69 Å². The summed E-state index contributed by atoms with van der Waals surface area (Å²) in [6.45, 7) is 4.16. The molecular formula is C23H21F3N4O3. The van der Waals surface area contributed by atoms with Gasteiger partial charge >= 0.3 is 12.3 Å². The van der Waals surface area contributed by atoms with Gasteiger partial charge in [-0.1, -0.05) is 12.1 Å². The van der Waals surface area contributed by atoms with Gasteiger partial charge < -0.3 is 10.1 Å². The molecule has 1 aliphatic rings. The van der Waals surface area contributed by atoms with E-state index in [9.17, 15) is 22.8 Å². The third-order valence-corrected chi connectivity index (χ3v) is 5.40. The number of carbonyl (C=O) groups excluding carboxylic acids is 2. The van der Waals surface area contributed by atoms with E-state index in [-0.39, 0.29) is 18.0 Å². The summed E-state index contributed by atoms with van der Waals surface area (Å²) in [5, 5.41) is 7.15. The molecule has 0 spiro atoms. The van der Waals surface area contributed by atoms with Crippen LogP contribution in [0.4, 0.5) is 29.3 Å². The fourth-order valence-electron chi connectivity index (χ4n) is 3.74. The molecule has 4 rings (SSSR count). The molecule has 0 bridgehead atoms. The molecule has 0 radical (unpaired) electrons. The fraction of sp³-hybridized carbons (Fsp3) is 0.261. The first-order valence-electron chi connectivity index (χ1n) is 10.2. The van der Waals surface area contributed by atoms with Crippen molar-refractivity contribution < 1.29 is 27.5 Å². The van der Waals surface area contributed by atoms with Crippen molar-refractivity contribution in [3.63, 3.8) is 0 Å². The standard InChI is InChI=1S/C23H21F3N4O3/c1-14-20(15(2)30(28-14)19-8-3-5-16(11-19)23(24,25)26)13-21(31)27-17-6-4-7-18(12-17)29-9-10-33-22(29)32/h3-8,11-12H,9-10,13H2,1-2H3,(H,27,31). The van der Waals surface area contributed by atoms with Crippen molar-refractivity contribution in [1.82, 2.24) is 9.78 Å². The van der Waals surface area contributed by atoms with E-state index < -0.39 is 17.8 Å². The number of hydrogen-bond donors (Lipinski definition) is 1. The van der Waals surface area contributed by atoms with E-state index >= 15 is 0 Å². The van der Waals surface area contributed by atoms with Crippen molar-refractivity contribution in [3.05, 3.63) is 71.0 Å². The third kappa shape index (κ3) is 4.69. The molecule has 0 saturated carbocycles. The summed E-state index contributed by atoms with van der Waals surface area (Å²) in [5.41, 5.74) is 2.38. The van der Waals surface area contributed by atoms with Gasteiger partial charge in [-0.15, -0.1) is 0 Å². The van der Waals surface area contributed by atoms with Crippen LogP contribution in [0, 0.1) is 13.8 Å². The molecule has 1 aromatic heterocycles. The number of nitrogens with zero attached hydrogens (tertiary/aromatic N) is 3. The van der Waals surface area contributed by atoms with Gasteiger partial charge in [-0.25, -0.2) is 9.48 Å². The number of carbonyl (C=O) groups is 2. The molecule has 33 heavy (non-hydrogen) atoms. The predicted molar refractivity (Wildman–Crippen MR) is 116 cm³/mol. The molecule has 10 heteroatoms. The maximum atomic E-state index is 13.1. The number of benzene rings is 2. The lowest BCUT2D eigenvalue weighted by molar-refractivity contribution is -0.137. The topological polar surface area (TPSA) is 76.5 Å². The Morgan fingerprint density at radius 3 is 2.55 bits per heavy atom. The molecular weight excluding hydrogens is 437 g/mol. The monoisotopic (exact) mass is 458 g/mol. The maximum Gasteiger partial charge on any atom is 0.416 e. The number of halogens is 3. The van der Waals surface area contributed by atoms with Gasteiger partial charge in [-0.3, -0.25) is 9.69 Å². The highest BCUT2D eigenvalue weighted by atomic mass is 19.4. The van der Waals surface area contributed by atoms with Crippen molar-refractivity contribution >= 4 is 23.4 Å². The Morgan fingerprint density at radius 2 is 1.85 bits per heavy atom. The molecule has 0 unspecified atom stereocenters. The summed E-state index contributed by atoms with van der Waals surface area (Å²) in [6.07, 6.45) is -4.91. The van der Waals surface area contributed by atoms with Crippen molar-refractivity contribution in [2.75, 3.05) is 23.4 Å². The van der Waals surface area contributed by atoms with E-state index in [1.807, 2.05) is 0 Å². The predicted octanol–water partition coefficient (Wildman–Crippen LogP) is 4.65. The number of hydrogen-bond acceptors (Lipinski definition) is 4. The van der Waals surface area contributed by atoms with Crippen molar-refractivity contribution in [2.45, 2.75) is 26.4 Å². The second-order valence-corrected chi connectivity index (χ2v) is 7.65. The minimum absolute atomic E-state index is 0.00733. The summed E-state index contributed by atoms with van der Waals surface area (Å²) in [4.78, 5) is 26.0. The van der Waals surface area contributed by atoms with Gasteiger partial charge in [0.1, 0.15) is 6.61 Å². The number of anilines is 2. The van der Waals surface area contributed by atoms with E-state index in [0.717, 1.165) is 12.1 Å². The zero-order valence-electron chi connectivity index (χ0n) is 17.9. The van der Waals surface area contributed by atoms with E-state index in [2.05, 4.69) is 10.4 Å². The Labute approximate surface area is 187 Å². The molecule has 1 N–H and O–H groups in total. The van der Waals surface area contributed by atoms with Gasteiger partial charge in [0.05, 0.1) is 29.9 Å². The van der Waals surface area contributed by atoms with E-state index in [1.165, 1.54) is 21.7 Å². The van der Waals surface area contributed by atoms with Gasteiger partial charge in [0.15, 0.2) is 0 Å². The number of cyclic esters (lactones) is 1. The largest absolute Gasteiger partial charge is 0.447 e. The lowest BCUT2D eigenvalue weighted by atomic mass is 10.1. The first-order valence-corrected chi connectivity index (χ1v) is 10.2. The molecule has 2 heterocycles. The molecule has 3 aromatic rings. The highest BCUT2D eigenvalue weighted by Crippen LogP contribution is 2.31. The van der Waals surface area contributed by atoms with Gasteiger partial charge in [-0.2, -0.15) is 18.3 Å². The molecule has 0 aliphatic carbocycles. The first-order chi connectivity index (χ1) is 15.6. The number of ether oxygens (including phenoxy) is 1. The van der Waals surface area contributed by atoms with Crippen molar-refractivity contribution in [1.29, 1.82) is 0 Å². The molecule has 7 nitrogen and oxygen atoms in total. The average molecular weight is 458 g/mol. The zero-order chi connectivity index (χ0) is 23.8. The van der Waals surface area contributed by atoms with Crippen LogP contribution in [-0.4, -0.2) is 34.9 Å². The second kappa shape index (κ2) is 8.61. The molecule has 2 amide bonds. The highest BCUT2D eigenvalue weighted by molar-refractivity contribution is 5.94. The number of aryl methyl sites for hydroxylation is 1. The Morgan fingerprint density at radius 1 is 1.12 bits per heavy atom. The number of aromatic nitrogens is 2. The Hall–Kier alpha value is -3.82. The summed E-state index contributed by atoms with van der Waals surface area (Å²) >= 11 is 0. The number of nitrogens with one attached hydrogen (secondary N) is 1. The quantitative estimate of drug-likeness (QED) is 0.604. The Kier molecular flexibility index (Phi) is 5.84. The molecule has 172 valence electrons. The van der Waals surface area contributed by atoms with Crippen LogP contribution in [0.5, 0.6) is 0 Å². The molecule has 1 saturated heterocycles. The van der Waals surface area contributed by atoms with Crippen LogP contribution in [0.1, 0.15) is 22.5 Å². The number of amides is 2. The van der Waals surface area contributed by atoms with E-state index in [4.69, 9.17) is 4.74 Å². The Bertz CT molecular complexity index is 1220. The minimum atomic E-state index is -4.46. The van der Waals surface area contributed by atoms with E-state index in [0.29, 0.717) is 41.5 Å². The summed E-state index contributed by atoms with van der Waals surface area (Å²) < 4.78 is 45.6. The van der Waals surface area contributed by atoms with Gasteiger partial charge in [0, 0.05) is 22.6 Å². The normalized spacial score (nSPS) is 13.8. The molecule has 1 fully saturated rings. The number of alkyl halides is 3. The smallest absolute Gasteiger partial charge is 0.416 e. The van der Waals surface area contributed by atoms with Gasteiger partial charge in [0.2, 0.25) is 5.91 Å². The zero-order valence-corrected chi connectivity index (χ0v) is 17.9. The number of rotatable bonds is 5. The lowest BCUT2D eigenvalue weighted by Gasteiger charge is -2.14. The molecule has 1 aliphatic heterocycles. The van der Waals surface area contributed by atoms with Crippen LogP contribution in [0.3, 0.4) is 0 Å². The third-order valence-electron chi connectivity index (χ3n) is 5.40. The minimum Gasteiger partial charge on any atom is -0.447 e. The summed E-state index contributed by atoms with van der Waals surface area (Å²) in [6, 6.07) is 11.7.